The van der Waals surface area contributed by atoms with Crippen LogP contribution in [0.5, 0.6) is 5.75 Å². The van der Waals surface area contributed by atoms with Crippen LogP contribution in [0.15, 0.2) is 62.4 Å². The maximum absolute atomic E-state index is 12.6. The first-order valence-corrected chi connectivity index (χ1v) is 12.2. The summed E-state index contributed by atoms with van der Waals surface area (Å²) in [7, 11) is 0. The van der Waals surface area contributed by atoms with Crippen LogP contribution in [-0.2, 0) is 9.53 Å². The van der Waals surface area contributed by atoms with Gasteiger partial charge in [-0.25, -0.2) is 9.59 Å². The van der Waals surface area contributed by atoms with Crippen LogP contribution in [0.2, 0.25) is 0 Å². The Kier molecular flexibility index (Phi) is 9.93. The third-order valence-corrected chi connectivity index (χ3v) is 6.31. The molecule has 0 aliphatic carbocycles. The Balaban J connectivity index is 2.22. The fourth-order valence-electron chi connectivity index (χ4n) is 2.92. The lowest BCUT2D eigenvalue weighted by Crippen LogP contribution is -2.22. The summed E-state index contributed by atoms with van der Waals surface area (Å²) in [5.41, 5.74) is 1.04. The van der Waals surface area contributed by atoms with Crippen LogP contribution >= 0.6 is 43.6 Å². The van der Waals surface area contributed by atoms with Crippen molar-refractivity contribution in [2.75, 3.05) is 11.6 Å². The van der Waals surface area contributed by atoms with E-state index < -0.39 is 18.2 Å². The van der Waals surface area contributed by atoms with Crippen LogP contribution in [0, 0.1) is 5.92 Å². The SMILES string of the molecule is CSc1ccc(NC(=O)O[C@H](c2cc(Br)cc(Br)c2O)[C@H](C)CC/C=C/C(=O)O)cc1. The van der Waals surface area contributed by atoms with E-state index in [4.69, 9.17) is 9.84 Å². The number of aliphatic carboxylic acids is 1. The van der Waals surface area contributed by atoms with E-state index in [0.717, 1.165) is 11.0 Å². The Labute approximate surface area is 202 Å². The van der Waals surface area contributed by atoms with Crippen molar-refractivity contribution in [1.29, 1.82) is 0 Å². The number of nitrogens with one attached hydrogen (secondary N) is 1. The number of anilines is 1. The molecule has 0 bridgehead atoms. The Morgan fingerprint density at radius 2 is 1.90 bits per heavy atom. The molecule has 2 rings (SSSR count). The number of allylic oxidation sites excluding steroid dienone is 1. The minimum atomic E-state index is -1.01. The quantitative estimate of drug-likeness (QED) is 0.221. The smallest absolute Gasteiger partial charge is 0.412 e. The van der Waals surface area contributed by atoms with E-state index >= 15 is 0 Å². The number of phenols is 1. The number of phenolic OH excluding ortho intramolecular Hbond substituents is 1. The average molecular weight is 573 g/mol. The molecule has 9 heteroatoms. The number of ether oxygens (including phenoxy) is 1. The number of amides is 1. The number of rotatable bonds is 9. The summed E-state index contributed by atoms with van der Waals surface area (Å²) < 4.78 is 6.91. The van der Waals surface area contributed by atoms with Crippen LogP contribution in [0.25, 0.3) is 0 Å². The number of carboxylic acid groups (broad SMARTS) is 1. The van der Waals surface area contributed by atoms with Gasteiger partial charge >= 0.3 is 12.1 Å². The molecule has 2 aromatic rings. The van der Waals surface area contributed by atoms with Gasteiger partial charge in [0.05, 0.1) is 4.47 Å². The Hall–Kier alpha value is -1.97. The highest BCUT2D eigenvalue weighted by Gasteiger charge is 2.27. The molecule has 166 valence electrons. The highest BCUT2D eigenvalue weighted by Crippen LogP contribution is 2.40. The van der Waals surface area contributed by atoms with Gasteiger partial charge < -0.3 is 14.9 Å². The van der Waals surface area contributed by atoms with E-state index in [-0.39, 0.29) is 11.7 Å². The third-order valence-electron chi connectivity index (χ3n) is 4.50. The minimum Gasteiger partial charge on any atom is -0.506 e. The van der Waals surface area contributed by atoms with Crippen molar-refractivity contribution in [3.8, 4) is 5.75 Å². The lowest BCUT2D eigenvalue weighted by molar-refractivity contribution is -0.131. The Bertz CT molecular complexity index is 950. The van der Waals surface area contributed by atoms with Crippen molar-refractivity contribution in [2.24, 2.45) is 5.92 Å². The molecule has 2 aromatic carbocycles. The number of benzene rings is 2. The van der Waals surface area contributed by atoms with E-state index in [1.165, 1.54) is 0 Å². The number of aromatic hydroxyl groups is 1. The summed E-state index contributed by atoms with van der Waals surface area (Å²) in [5.74, 6) is -1.23. The summed E-state index contributed by atoms with van der Waals surface area (Å²) in [6.07, 6.45) is 4.25. The normalized spacial score (nSPS) is 13.0. The fourth-order valence-corrected chi connectivity index (χ4v) is 4.59. The third kappa shape index (κ3) is 7.90. The van der Waals surface area contributed by atoms with Crippen molar-refractivity contribution in [1.82, 2.24) is 0 Å². The van der Waals surface area contributed by atoms with Crippen molar-refractivity contribution in [3.05, 3.63) is 63.1 Å². The van der Waals surface area contributed by atoms with Gasteiger partial charge in [0, 0.05) is 26.7 Å². The number of halogens is 2. The summed E-state index contributed by atoms with van der Waals surface area (Å²) >= 11 is 8.32. The molecular formula is C22H23Br2NO5S. The second-order valence-corrected chi connectivity index (χ2v) is 9.45. The number of carbonyl (C=O) groups is 2. The van der Waals surface area contributed by atoms with Crippen LogP contribution < -0.4 is 5.32 Å². The number of hydrogen-bond donors (Lipinski definition) is 3. The van der Waals surface area contributed by atoms with Crippen LogP contribution in [0.3, 0.4) is 0 Å². The van der Waals surface area contributed by atoms with Crippen LogP contribution in [0.1, 0.15) is 31.4 Å². The lowest BCUT2D eigenvalue weighted by Gasteiger charge is -2.26. The van der Waals surface area contributed by atoms with E-state index in [9.17, 15) is 14.7 Å². The zero-order valence-electron chi connectivity index (χ0n) is 17.0. The molecule has 0 aromatic heterocycles. The maximum Gasteiger partial charge on any atom is 0.412 e. The molecule has 0 heterocycles. The number of carboxylic acids is 1. The minimum absolute atomic E-state index is 0.0155. The Morgan fingerprint density at radius 3 is 2.52 bits per heavy atom. The zero-order valence-corrected chi connectivity index (χ0v) is 21.0. The molecule has 0 aliphatic rings. The van der Waals surface area contributed by atoms with Gasteiger partial charge in [-0.2, -0.15) is 0 Å². The largest absolute Gasteiger partial charge is 0.506 e. The molecule has 31 heavy (non-hydrogen) atoms. The van der Waals surface area contributed by atoms with Gasteiger partial charge in [-0.05, 0) is 77.3 Å². The topological polar surface area (TPSA) is 95.9 Å². The van der Waals surface area contributed by atoms with Crippen molar-refractivity contribution >= 4 is 61.4 Å². The van der Waals surface area contributed by atoms with E-state index in [1.807, 2.05) is 25.3 Å². The van der Waals surface area contributed by atoms with E-state index in [1.54, 1.807) is 42.1 Å². The lowest BCUT2D eigenvalue weighted by atomic mass is 9.92. The van der Waals surface area contributed by atoms with Gasteiger partial charge in [-0.15, -0.1) is 11.8 Å². The summed E-state index contributed by atoms with van der Waals surface area (Å²) in [4.78, 5) is 24.4. The predicted octanol–water partition coefficient (Wildman–Crippen LogP) is 6.99. The van der Waals surface area contributed by atoms with Crippen molar-refractivity contribution in [2.45, 2.75) is 30.8 Å². The second kappa shape index (κ2) is 12.2. The monoisotopic (exact) mass is 571 g/mol. The first-order chi connectivity index (χ1) is 14.7. The summed E-state index contributed by atoms with van der Waals surface area (Å²) in [6.45, 7) is 1.88. The van der Waals surface area contributed by atoms with Crippen molar-refractivity contribution < 1.29 is 24.5 Å². The standard InChI is InChI=1S/C22H23Br2NO5S/c1-13(5-3-4-6-19(26)27)21(17-11-14(23)12-18(24)20(17)28)30-22(29)25-15-7-9-16(31-2)10-8-15/h4,6-13,21,28H,3,5H2,1-2H3,(H,25,29)(H,26,27)/b6-4+/t13-,21+/m1/s1. The molecule has 3 N–H and O–H groups in total. The molecular weight excluding hydrogens is 550 g/mol. The van der Waals surface area contributed by atoms with Gasteiger partial charge in [-0.1, -0.05) is 28.9 Å². The highest BCUT2D eigenvalue weighted by atomic mass is 79.9. The molecule has 0 saturated carbocycles. The van der Waals surface area contributed by atoms with E-state index in [0.29, 0.717) is 33.0 Å². The molecule has 0 unspecified atom stereocenters. The van der Waals surface area contributed by atoms with E-state index in [2.05, 4.69) is 37.2 Å². The fraction of sp³-hybridized carbons (Fsp3) is 0.273. The predicted molar refractivity (Wildman–Crippen MR) is 130 cm³/mol. The van der Waals surface area contributed by atoms with Crippen LogP contribution in [0.4, 0.5) is 10.5 Å². The molecule has 0 radical (unpaired) electrons. The molecule has 0 aliphatic heterocycles. The molecule has 1 amide bonds. The highest BCUT2D eigenvalue weighted by molar-refractivity contribution is 9.11. The number of thioether (sulfide) groups is 1. The van der Waals surface area contributed by atoms with Crippen molar-refractivity contribution in [3.63, 3.8) is 0 Å². The first kappa shape index (κ1) is 25.3. The average Bonchev–Trinajstić information content (AvgIpc) is 2.72. The molecule has 2 atom stereocenters. The summed E-state index contributed by atoms with van der Waals surface area (Å²) in [5, 5.41) is 22.0. The van der Waals surface area contributed by atoms with Gasteiger partial charge in [-0.3, -0.25) is 5.32 Å². The van der Waals surface area contributed by atoms with Gasteiger partial charge in [0.25, 0.3) is 0 Å². The number of carbonyl (C=O) groups excluding carboxylic acids is 1. The number of hydrogen-bond acceptors (Lipinski definition) is 5. The maximum atomic E-state index is 12.6. The molecule has 0 saturated heterocycles. The molecule has 0 spiro atoms. The van der Waals surface area contributed by atoms with Gasteiger partial charge in [0.15, 0.2) is 0 Å². The van der Waals surface area contributed by atoms with Gasteiger partial charge in [0.2, 0.25) is 0 Å². The second-order valence-electron chi connectivity index (χ2n) is 6.80. The zero-order chi connectivity index (χ0) is 23.0. The first-order valence-electron chi connectivity index (χ1n) is 9.40. The van der Waals surface area contributed by atoms with Gasteiger partial charge in [0.1, 0.15) is 11.9 Å². The molecule has 6 nitrogen and oxygen atoms in total. The molecule has 0 fully saturated rings. The van der Waals surface area contributed by atoms with Crippen LogP contribution in [-0.4, -0.2) is 28.5 Å². The Morgan fingerprint density at radius 1 is 1.23 bits per heavy atom. The summed E-state index contributed by atoms with van der Waals surface area (Å²) in [6, 6.07) is 10.8.